The Kier molecular flexibility index (Phi) is 2.09. The molecule has 4 rings (SSSR count). The van der Waals surface area contributed by atoms with E-state index >= 15 is 0 Å². The van der Waals surface area contributed by atoms with Gasteiger partial charge in [0.2, 0.25) is 5.78 Å². The van der Waals surface area contributed by atoms with Gasteiger partial charge < -0.3 is 0 Å². The van der Waals surface area contributed by atoms with Gasteiger partial charge in [-0.05, 0) is 12.1 Å². The van der Waals surface area contributed by atoms with Gasteiger partial charge in [0.15, 0.2) is 0 Å². The van der Waals surface area contributed by atoms with Gasteiger partial charge in [-0.3, -0.25) is 9.59 Å². The maximum atomic E-state index is 12.2. The van der Waals surface area contributed by atoms with Crippen molar-refractivity contribution in [1.29, 1.82) is 0 Å². The molecule has 3 aromatic rings. The van der Waals surface area contributed by atoms with Crippen molar-refractivity contribution in [2.24, 2.45) is 0 Å². The Morgan fingerprint density at radius 2 is 1.15 bits per heavy atom. The van der Waals surface area contributed by atoms with Crippen LogP contribution in [0.2, 0.25) is 0 Å². The third-order valence-electron chi connectivity index (χ3n) is 3.42. The number of aromatic nitrogens is 2. The average molecular weight is 260 g/mol. The van der Waals surface area contributed by atoms with E-state index in [1.54, 1.807) is 24.3 Å². The summed E-state index contributed by atoms with van der Waals surface area (Å²) in [7, 11) is 0. The molecule has 2 aromatic carbocycles. The highest BCUT2D eigenvalue weighted by molar-refractivity contribution is 6.52. The van der Waals surface area contributed by atoms with Crippen LogP contribution in [0, 0.1) is 0 Å². The van der Waals surface area contributed by atoms with Crippen LogP contribution in [0.15, 0.2) is 48.5 Å². The van der Waals surface area contributed by atoms with E-state index in [0.717, 1.165) is 0 Å². The number of carbonyl (C=O) groups excluding carboxylic acids is 2. The number of Topliss-reactive ketones (excluding diaryl/α,β-unsaturated/α-hetero) is 2. The second-order valence-electron chi connectivity index (χ2n) is 4.61. The molecule has 1 heterocycles. The first-order valence-corrected chi connectivity index (χ1v) is 6.21. The second kappa shape index (κ2) is 3.81. The summed E-state index contributed by atoms with van der Waals surface area (Å²) in [6.07, 6.45) is 0. The van der Waals surface area contributed by atoms with Crippen molar-refractivity contribution in [2.75, 3.05) is 0 Å². The van der Waals surface area contributed by atoms with E-state index in [9.17, 15) is 9.59 Å². The summed E-state index contributed by atoms with van der Waals surface area (Å²) in [5.74, 6) is -1.10. The van der Waals surface area contributed by atoms with Crippen molar-refractivity contribution in [3.63, 3.8) is 0 Å². The Morgan fingerprint density at radius 3 is 1.85 bits per heavy atom. The Morgan fingerprint density at radius 1 is 0.600 bits per heavy atom. The summed E-state index contributed by atoms with van der Waals surface area (Å²) in [5, 5.41) is 0. The fourth-order valence-corrected chi connectivity index (χ4v) is 2.46. The minimum absolute atomic E-state index is 0.146. The van der Waals surface area contributed by atoms with Gasteiger partial charge in [-0.2, -0.15) is 0 Å². The number of rotatable bonds is 0. The number of hydrogen-bond acceptors (Lipinski definition) is 4. The summed E-state index contributed by atoms with van der Waals surface area (Å²) in [6, 6.07) is 14.3. The van der Waals surface area contributed by atoms with E-state index < -0.39 is 11.6 Å². The largest absolute Gasteiger partial charge is 0.285 e. The first-order chi connectivity index (χ1) is 9.75. The minimum atomic E-state index is -0.586. The zero-order valence-corrected chi connectivity index (χ0v) is 10.3. The number of benzene rings is 2. The molecule has 4 nitrogen and oxygen atoms in total. The molecule has 1 aromatic heterocycles. The van der Waals surface area contributed by atoms with Crippen molar-refractivity contribution in [3.05, 3.63) is 59.8 Å². The molecular weight excluding hydrogens is 252 g/mol. The van der Waals surface area contributed by atoms with Gasteiger partial charge in [0, 0.05) is 11.1 Å². The zero-order valence-electron chi connectivity index (χ0n) is 10.3. The topological polar surface area (TPSA) is 59.9 Å². The van der Waals surface area contributed by atoms with Crippen molar-refractivity contribution < 1.29 is 9.59 Å². The van der Waals surface area contributed by atoms with Crippen molar-refractivity contribution >= 4 is 22.6 Å². The van der Waals surface area contributed by atoms with Crippen molar-refractivity contribution in [1.82, 2.24) is 9.97 Å². The summed E-state index contributed by atoms with van der Waals surface area (Å²) >= 11 is 0. The predicted octanol–water partition coefficient (Wildman–Crippen LogP) is 2.68. The minimum Gasteiger partial charge on any atom is -0.285 e. The molecule has 0 amide bonds. The number of fused-ring (bicyclic) bond motifs is 4. The van der Waals surface area contributed by atoms with Crippen LogP contribution >= 0.6 is 0 Å². The van der Waals surface area contributed by atoms with Gasteiger partial charge in [0.25, 0.3) is 5.78 Å². The number of hydrogen-bond donors (Lipinski definition) is 0. The average Bonchev–Trinajstić information content (AvgIpc) is 2.51. The van der Waals surface area contributed by atoms with Crippen LogP contribution < -0.4 is 0 Å². The Balaban J connectivity index is 2.15. The highest BCUT2D eigenvalue weighted by atomic mass is 16.2. The molecule has 0 N–H and O–H groups in total. The fraction of sp³-hybridized carbons (Fsp3) is 0. The molecule has 0 spiro atoms. The molecule has 0 atom stereocenters. The van der Waals surface area contributed by atoms with Gasteiger partial charge in [-0.25, -0.2) is 9.97 Å². The monoisotopic (exact) mass is 260 g/mol. The molecule has 4 heteroatoms. The lowest BCUT2D eigenvalue weighted by Crippen LogP contribution is -2.23. The quantitative estimate of drug-likeness (QED) is 0.583. The zero-order chi connectivity index (χ0) is 13.7. The van der Waals surface area contributed by atoms with Crippen molar-refractivity contribution in [3.8, 4) is 11.3 Å². The molecule has 20 heavy (non-hydrogen) atoms. The Bertz CT molecular complexity index is 900. The number of ketones is 2. The van der Waals surface area contributed by atoms with Crippen LogP contribution in [0.1, 0.15) is 20.8 Å². The van der Waals surface area contributed by atoms with E-state index in [-0.39, 0.29) is 5.69 Å². The van der Waals surface area contributed by atoms with Gasteiger partial charge in [0.05, 0.1) is 11.0 Å². The number of carbonyl (C=O) groups is 2. The van der Waals surface area contributed by atoms with Crippen LogP contribution in [-0.4, -0.2) is 21.5 Å². The van der Waals surface area contributed by atoms with E-state index in [2.05, 4.69) is 9.97 Å². The van der Waals surface area contributed by atoms with Crippen LogP contribution in [0.4, 0.5) is 0 Å². The molecule has 0 saturated heterocycles. The molecule has 94 valence electrons. The SMILES string of the molecule is O=C1C(=O)c2nc3ccccc3nc2-c2ccccc21. The standard InChI is InChI=1S/C16H8N2O2/c19-15-10-6-2-1-5-9(10)13-14(16(15)20)18-12-8-4-3-7-11(12)17-13/h1-8H. The first-order valence-electron chi connectivity index (χ1n) is 6.21. The fourth-order valence-electron chi connectivity index (χ4n) is 2.46. The molecule has 0 saturated carbocycles. The summed E-state index contributed by atoms with van der Waals surface area (Å²) in [5.41, 5.74) is 3.03. The summed E-state index contributed by atoms with van der Waals surface area (Å²) in [6.45, 7) is 0. The third kappa shape index (κ3) is 1.36. The second-order valence-corrected chi connectivity index (χ2v) is 4.61. The molecular formula is C16H8N2O2. The maximum Gasteiger partial charge on any atom is 0.254 e. The van der Waals surface area contributed by atoms with E-state index in [1.807, 2.05) is 24.3 Å². The van der Waals surface area contributed by atoms with Gasteiger partial charge in [0.1, 0.15) is 11.4 Å². The summed E-state index contributed by atoms with van der Waals surface area (Å²) in [4.78, 5) is 33.1. The maximum absolute atomic E-state index is 12.2. The van der Waals surface area contributed by atoms with Crippen LogP contribution in [-0.2, 0) is 0 Å². The molecule has 0 bridgehead atoms. The number of nitrogens with zero attached hydrogens (tertiary/aromatic N) is 2. The van der Waals surface area contributed by atoms with Gasteiger partial charge in [-0.1, -0.05) is 36.4 Å². The lowest BCUT2D eigenvalue weighted by molar-refractivity contribution is 0.0812. The molecule has 0 aliphatic heterocycles. The Hall–Kier alpha value is -2.88. The lowest BCUT2D eigenvalue weighted by Gasteiger charge is -2.16. The molecule has 1 aliphatic carbocycles. The highest BCUT2D eigenvalue weighted by Gasteiger charge is 2.32. The van der Waals surface area contributed by atoms with Gasteiger partial charge in [-0.15, -0.1) is 0 Å². The molecule has 0 radical (unpaired) electrons. The number of para-hydroxylation sites is 2. The first kappa shape index (κ1) is 11.0. The predicted molar refractivity (Wildman–Crippen MR) is 73.6 cm³/mol. The van der Waals surface area contributed by atoms with Crippen LogP contribution in [0.25, 0.3) is 22.3 Å². The van der Waals surface area contributed by atoms with Gasteiger partial charge >= 0.3 is 0 Å². The Labute approximate surface area is 114 Å². The van der Waals surface area contributed by atoms with Crippen LogP contribution in [0.5, 0.6) is 0 Å². The third-order valence-corrected chi connectivity index (χ3v) is 3.42. The van der Waals surface area contributed by atoms with E-state index in [1.165, 1.54) is 0 Å². The molecule has 0 fully saturated rings. The normalized spacial score (nSPS) is 13.2. The highest BCUT2D eigenvalue weighted by Crippen LogP contribution is 2.31. The van der Waals surface area contributed by atoms with E-state index in [4.69, 9.17) is 0 Å². The van der Waals surface area contributed by atoms with E-state index in [0.29, 0.717) is 27.9 Å². The molecule has 0 unspecified atom stereocenters. The van der Waals surface area contributed by atoms with Crippen molar-refractivity contribution in [2.45, 2.75) is 0 Å². The van der Waals surface area contributed by atoms with Crippen LogP contribution in [0.3, 0.4) is 0 Å². The lowest BCUT2D eigenvalue weighted by atomic mass is 9.90. The summed E-state index contributed by atoms with van der Waals surface area (Å²) < 4.78 is 0. The smallest absolute Gasteiger partial charge is 0.254 e. The molecule has 1 aliphatic rings.